The number of hydrogen-bond donors (Lipinski definition) is 1. The molecule has 0 heterocycles. The minimum Gasteiger partial charge on any atom is -0.302 e. The number of hydrogen-bond acceptors (Lipinski definition) is 3. The molecule has 3 unspecified atom stereocenters. The first kappa shape index (κ1) is 26.6. The maximum Gasteiger partial charge on any atom is 0.473 e. The van der Waals surface area contributed by atoms with E-state index in [-0.39, 0.29) is 12.5 Å². The second kappa shape index (κ2) is 15.4. The summed E-state index contributed by atoms with van der Waals surface area (Å²) in [6, 6.07) is 0. The Morgan fingerprint density at radius 3 is 1.83 bits per heavy atom. The highest BCUT2D eigenvalue weighted by Crippen LogP contribution is 2.50. The second-order valence-electron chi connectivity index (χ2n) is 8.71. The molecule has 0 amide bonds. The highest BCUT2D eigenvalue weighted by Gasteiger charge is 2.37. The van der Waals surface area contributed by atoms with Crippen molar-refractivity contribution >= 4 is 7.82 Å². The smallest absolute Gasteiger partial charge is 0.302 e. The van der Waals surface area contributed by atoms with Crippen LogP contribution in [0.25, 0.3) is 0 Å². The van der Waals surface area contributed by atoms with Gasteiger partial charge in [-0.15, -0.1) is 0 Å². The van der Waals surface area contributed by atoms with Gasteiger partial charge in [-0.2, -0.15) is 0 Å². The van der Waals surface area contributed by atoms with E-state index < -0.39 is 13.4 Å². The van der Waals surface area contributed by atoms with Crippen LogP contribution in [0.1, 0.15) is 111 Å². The minimum absolute atomic E-state index is 0.0256. The molecule has 4 nitrogen and oxygen atoms in total. The zero-order valence-corrected chi connectivity index (χ0v) is 20.0. The van der Waals surface area contributed by atoms with Gasteiger partial charge in [0.25, 0.3) is 0 Å². The van der Waals surface area contributed by atoms with Gasteiger partial charge < -0.3 is 4.89 Å². The van der Waals surface area contributed by atoms with Crippen LogP contribution in [-0.2, 0) is 13.6 Å². The SMILES string of the molecule is CCCCCCCCCCCCCCCCOP(=O)(O)OC1(C)C=CC=CC1C. The molecule has 0 bridgehead atoms. The van der Waals surface area contributed by atoms with Crippen LogP contribution in [0.2, 0.25) is 0 Å². The van der Waals surface area contributed by atoms with Gasteiger partial charge in [-0.05, 0) is 13.3 Å². The summed E-state index contributed by atoms with van der Waals surface area (Å²) in [6.07, 6.45) is 25.5. The topological polar surface area (TPSA) is 55.8 Å². The number of unbranched alkanes of at least 4 members (excludes halogenated alkanes) is 13. The molecule has 0 saturated heterocycles. The lowest BCUT2D eigenvalue weighted by Crippen LogP contribution is -2.33. The molecule has 0 aromatic carbocycles. The third-order valence-electron chi connectivity index (χ3n) is 5.91. The molecular weight excluding hydrogens is 383 g/mol. The molecular formula is C24H45O4P. The van der Waals surface area contributed by atoms with E-state index >= 15 is 0 Å². The van der Waals surface area contributed by atoms with E-state index in [0.29, 0.717) is 0 Å². The Morgan fingerprint density at radius 1 is 0.862 bits per heavy atom. The quantitative estimate of drug-likeness (QED) is 0.177. The van der Waals surface area contributed by atoms with Gasteiger partial charge in [0.15, 0.2) is 0 Å². The number of allylic oxidation sites excluding steroid dienone is 2. The Bertz CT molecular complexity index is 517. The average Bonchev–Trinajstić information content (AvgIpc) is 2.67. The zero-order valence-electron chi connectivity index (χ0n) is 19.1. The van der Waals surface area contributed by atoms with Crippen molar-refractivity contribution in [3.8, 4) is 0 Å². The van der Waals surface area contributed by atoms with Gasteiger partial charge in [-0.1, -0.05) is 122 Å². The monoisotopic (exact) mass is 428 g/mol. The van der Waals surface area contributed by atoms with Gasteiger partial charge in [0.1, 0.15) is 5.60 Å². The van der Waals surface area contributed by atoms with Gasteiger partial charge in [0, 0.05) is 5.92 Å². The summed E-state index contributed by atoms with van der Waals surface area (Å²) in [4.78, 5) is 10.0. The van der Waals surface area contributed by atoms with E-state index in [9.17, 15) is 9.46 Å². The van der Waals surface area contributed by atoms with Crippen LogP contribution in [0.15, 0.2) is 24.3 Å². The van der Waals surface area contributed by atoms with Crippen LogP contribution >= 0.6 is 7.82 Å². The summed E-state index contributed by atoms with van der Waals surface area (Å²) in [5, 5.41) is 0. The molecule has 0 aromatic heterocycles. The molecule has 170 valence electrons. The van der Waals surface area contributed by atoms with Crippen LogP contribution < -0.4 is 0 Å². The van der Waals surface area contributed by atoms with E-state index in [2.05, 4.69) is 6.92 Å². The first-order valence-corrected chi connectivity index (χ1v) is 13.4. The van der Waals surface area contributed by atoms with Crippen LogP contribution in [0.5, 0.6) is 0 Å². The summed E-state index contributed by atoms with van der Waals surface area (Å²) < 4.78 is 22.9. The van der Waals surface area contributed by atoms with Gasteiger partial charge in [-0.25, -0.2) is 4.57 Å². The van der Waals surface area contributed by atoms with E-state index in [1.54, 1.807) is 0 Å². The largest absolute Gasteiger partial charge is 0.473 e. The lowest BCUT2D eigenvalue weighted by atomic mass is 9.87. The summed E-state index contributed by atoms with van der Waals surface area (Å²) in [5.41, 5.74) is -0.797. The molecule has 0 spiro atoms. The van der Waals surface area contributed by atoms with Crippen molar-refractivity contribution in [2.75, 3.05) is 6.61 Å². The van der Waals surface area contributed by atoms with Crippen LogP contribution in [0, 0.1) is 5.92 Å². The van der Waals surface area contributed by atoms with Crippen LogP contribution in [0.3, 0.4) is 0 Å². The van der Waals surface area contributed by atoms with Crippen molar-refractivity contribution < 1.29 is 18.5 Å². The molecule has 1 N–H and O–H groups in total. The Balaban J connectivity index is 1.94. The Labute approximate surface area is 179 Å². The molecule has 0 radical (unpaired) electrons. The van der Waals surface area contributed by atoms with Crippen molar-refractivity contribution in [2.45, 2.75) is 116 Å². The second-order valence-corrected chi connectivity index (χ2v) is 10.1. The highest BCUT2D eigenvalue weighted by molar-refractivity contribution is 7.47. The van der Waals surface area contributed by atoms with Crippen molar-refractivity contribution in [3.05, 3.63) is 24.3 Å². The van der Waals surface area contributed by atoms with Crippen molar-refractivity contribution in [3.63, 3.8) is 0 Å². The molecule has 0 fully saturated rings. The molecule has 0 aliphatic heterocycles. The van der Waals surface area contributed by atoms with Gasteiger partial charge in [0.2, 0.25) is 0 Å². The van der Waals surface area contributed by atoms with Crippen molar-refractivity contribution in [1.82, 2.24) is 0 Å². The lowest BCUT2D eigenvalue weighted by molar-refractivity contribution is 0.0436. The fourth-order valence-electron chi connectivity index (χ4n) is 3.69. The first-order valence-electron chi connectivity index (χ1n) is 11.9. The minimum atomic E-state index is -4.04. The predicted octanol–water partition coefficient (Wildman–Crippen LogP) is 8.12. The Morgan fingerprint density at radius 2 is 1.34 bits per heavy atom. The van der Waals surface area contributed by atoms with E-state index in [4.69, 9.17) is 9.05 Å². The average molecular weight is 429 g/mol. The Hall–Kier alpha value is -0.410. The zero-order chi connectivity index (χ0) is 21.4. The van der Waals surface area contributed by atoms with Crippen LogP contribution in [-0.4, -0.2) is 17.1 Å². The lowest BCUT2D eigenvalue weighted by Gasteiger charge is -2.33. The van der Waals surface area contributed by atoms with Crippen LogP contribution in [0.4, 0.5) is 0 Å². The normalized spacial score (nSPS) is 23.4. The maximum absolute atomic E-state index is 12.2. The molecule has 3 atom stereocenters. The standard InChI is InChI=1S/C24H45O4P/c1-4-5-6-7-8-9-10-11-12-13-14-15-16-19-22-27-29(25,26)28-24(3)21-18-17-20-23(24)2/h17-18,20-21,23H,4-16,19,22H2,1-3H3,(H,25,26). The molecule has 0 saturated carbocycles. The number of phosphoric ester groups is 1. The fraction of sp³-hybridized carbons (Fsp3) is 0.833. The third-order valence-corrected chi connectivity index (χ3v) is 7.04. The summed E-state index contributed by atoms with van der Waals surface area (Å²) in [5.74, 6) is 0.0256. The molecule has 0 aromatic rings. The first-order chi connectivity index (χ1) is 13.9. The molecule has 1 rings (SSSR count). The van der Waals surface area contributed by atoms with Crippen molar-refractivity contribution in [1.29, 1.82) is 0 Å². The van der Waals surface area contributed by atoms with Gasteiger partial charge >= 0.3 is 7.82 Å². The Kier molecular flexibility index (Phi) is 14.1. The molecule has 29 heavy (non-hydrogen) atoms. The van der Waals surface area contributed by atoms with Gasteiger partial charge in [0.05, 0.1) is 6.61 Å². The summed E-state index contributed by atoms with van der Waals surface area (Å²) in [7, 11) is -4.04. The summed E-state index contributed by atoms with van der Waals surface area (Å²) >= 11 is 0. The summed E-state index contributed by atoms with van der Waals surface area (Å²) in [6.45, 7) is 6.32. The molecule has 1 aliphatic carbocycles. The van der Waals surface area contributed by atoms with E-state index in [1.807, 2.05) is 38.2 Å². The molecule has 1 aliphatic rings. The maximum atomic E-state index is 12.2. The van der Waals surface area contributed by atoms with Gasteiger partial charge in [-0.3, -0.25) is 9.05 Å². The number of phosphoric acid groups is 1. The highest BCUT2D eigenvalue weighted by atomic mass is 31.2. The number of rotatable bonds is 18. The van der Waals surface area contributed by atoms with Crippen molar-refractivity contribution in [2.24, 2.45) is 5.92 Å². The van der Waals surface area contributed by atoms with E-state index in [1.165, 1.54) is 77.0 Å². The third kappa shape index (κ3) is 12.8. The molecule has 5 heteroatoms. The predicted molar refractivity (Wildman–Crippen MR) is 123 cm³/mol. The fourth-order valence-corrected chi connectivity index (χ4v) is 4.82. The van der Waals surface area contributed by atoms with E-state index in [0.717, 1.165) is 12.8 Å².